The topological polar surface area (TPSA) is 77.5 Å². The van der Waals surface area contributed by atoms with E-state index >= 15 is 0 Å². The van der Waals surface area contributed by atoms with Crippen molar-refractivity contribution < 1.29 is 26.7 Å². The summed E-state index contributed by atoms with van der Waals surface area (Å²) >= 11 is 0. The number of sulfone groups is 1. The van der Waals surface area contributed by atoms with Crippen LogP contribution in [0.2, 0.25) is 0 Å². The van der Waals surface area contributed by atoms with E-state index in [-0.39, 0.29) is 6.10 Å². The van der Waals surface area contributed by atoms with E-state index in [0.717, 1.165) is 24.1 Å². The summed E-state index contributed by atoms with van der Waals surface area (Å²) in [5, 5.41) is 3.10. The molecule has 9 heteroatoms. The molecule has 1 aliphatic rings. The Morgan fingerprint density at radius 3 is 2.69 bits per heavy atom. The number of hydrogen-bond acceptors (Lipinski definition) is 6. The molecule has 0 spiro atoms. The number of ether oxygens (including phenoxy) is 2. The highest BCUT2D eigenvalue weighted by molar-refractivity contribution is 7.91. The third-order valence-corrected chi connectivity index (χ3v) is 5.29. The molecular formula is C17H18F2N2O4S. The average molecular weight is 384 g/mol. The molecule has 0 bridgehead atoms. The van der Waals surface area contributed by atoms with E-state index in [4.69, 9.17) is 9.47 Å². The Hall–Kier alpha value is -2.26. The number of rotatable bonds is 7. The van der Waals surface area contributed by atoms with Gasteiger partial charge in [-0.15, -0.1) is 0 Å². The molecule has 1 aromatic carbocycles. The number of alkyl halides is 2. The van der Waals surface area contributed by atoms with Gasteiger partial charge >= 0.3 is 5.76 Å². The van der Waals surface area contributed by atoms with Crippen molar-refractivity contribution in [1.29, 1.82) is 0 Å². The lowest BCUT2D eigenvalue weighted by Crippen LogP contribution is -2.16. The summed E-state index contributed by atoms with van der Waals surface area (Å²) < 4.78 is 58.8. The van der Waals surface area contributed by atoms with Crippen LogP contribution in [0.25, 0.3) is 0 Å². The Kier molecular flexibility index (Phi) is 5.67. The molecule has 2 heterocycles. The minimum Gasteiger partial charge on any atom is -0.472 e. The standard InChI is InChI=1S/C17H18F2N2O4S/c18-17(19)26(22,23)15-3-1-13(2-4-15)21-10-12-5-7-20-16(9-12)25-14-6-8-24-11-14/h1-5,7,9,14,17,21H,6,8,10-11H2. The maximum absolute atomic E-state index is 12.5. The molecule has 6 nitrogen and oxygen atoms in total. The highest BCUT2D eigenvalue weighted by Gasteiger charge is 2.26. The summed E-state index contributed by atoms with van der Waals surface area (Å²) in [5.41, 5.74) is 1.53. The van der Waals surface area contributed by atoms with E-state index in [1.807, 2.05) is 6.07 Å². The van der Waals surface area contributed by atoms with Gasteiger partial charge in [-0.25, -0.2) is 13.4 Å². The lowest BCUT2D eigenvalue weighted by Gasteiger charge is -2.12. The summed E-state index contributed by atoms with van der Waals surface area (Å²) in [6.45, 7) is 1.68. The molecule has 0 radical (unpaired) electrons. The quantitative estimate of drug-likeness (QED) is 0.791. The number of hydrogen-bond donors (Lipinski definition) is 1. The average Bonchev–Trinajstić information content (AvgIpc) is 3.13. The molecule has 0 aliphatic carbocycles. The van der Waals surface area contributed by atoms with Gasteiger partial charge in [0, 0.05) is 30.9 Å². The first-order chi connectivity index (χ1) is 12.4. The van der Waals surface area contributed by atoms with Gasteiger partial charge in [-0.05, 0) is 35.9 Å². The fraction of sp³-hybridized carbons (Fsp3) is 0.353. The largest absolute Gasteiger partial charge is 0.472 e. The van der Waals surface area contributed by atoms with Crippen molar-refractivity contribution in [3.8, 4) is 5.88 Å². The molecule has 3 rings (SSSR count). The van der Waals surface area contributed by atoms with Crippen molar-refractivity contribution in [3.05, 3.63) is 48.2 Å². The highest BCUT2D eigenvalue weighted by atomic mass is 32.2. The number of nitrogens with one attached hydrogen (secondary N) is 1. The lowest BCUT2D eigenvalue weighted by molar-refractivity contribution is 0.138. The number of anilines is 1. The Labute approximate surface area is 150 Å². The van der Waals surface area contributed by atoms with Gasteiger partial charge in [0.25, 0.3) is 0 Å². The smallest absolute Gasteiger partial charge is 0.341 e. The molecule has 1 aliphatic heterocycles. The van der Waals surface area contributed by atoms with E-state index in [0.29, 0.717) is 31.3 Å². The number of benzene rings is 1. The summed E-state index contributed by atoms with van der Waals surface area (Å²) in [5.74, 6) is -2.92. The maximum atomic E-state index is 12.5. The molecule has 1 atom stereocenters. The van der Waals surface area contributed by atoms with E-state index < -0.39 is 20.5 Å². The van der Waals surface area contributed by atoms with E-state index in [9.17, 15) is 17.2 Å². The van der Waals surface area contributed by atoms with Crippen molar-refractivity contribution in [2.24, 2.45) is 0 Å². The summed E-state index contributed by atoms with van der Waals surface area (Å²) in [6, 6.07) is 8.84. The Bertz CT molecular complexity index is 838. The number of pyridine rings is 1. The van der Waals surface area contributed by atoms with Gasteiger partial charge in [-0.3, -0.25) is 0 Å². The molecule has 0 saturated carbocycles. The van der Waals surface area contributed by atoms with Crippen LogP contribution in [0.3, 0.4) is 0 Å². The predicted molar refractivity (Wildman–Crippen MR) is 91.0 cm³/mol. The highest BCUT2D eigenvalue weighted by Crippen LogP contribution is 2.21. The first-order valence-corrected chi connectivity index (χ1v) is 9.55. The minimum atomic E-state index is -4.57. The van der Waals surface area contributed by atoms with Crippen LogP contribution in [0.15, 0.2) is 47.5 Å². The lowest BCUT2D eigenvalue weighted by atomic mass is 10.2. The van der Waals surface area contributed by atoms with Crippen LogP contribution in [0.5, 0.6) is 5.88 Å². The van der Waals surface area contributed by atoms with Crippen LogP contribution in [0.4, 0.5) is 14.5 Å². The van der Waals surface area contributed by atoms with E-state index in [1.165, 1.54) is 12.1 Å². The molecule has 26 heavy (non-hydrogen) atoms. The Balaban J connectivity index is 1.60. The van der Waals surface area contributed by atoms with Crippen LogP contribution in [0, 0.1) is 0 Å². The predicted octanol–water partition coefficient (Wildman–Crippen LogP) is 2.86. The van der Waals surface area contributed by atoms with Crippen molar-refractivity contribution in [2.75, 3.05) is 18.5 Å². The van der Waals surface area contributed by atoms with Crippen LogP contribution in [-0.2, 0) is 21.1 Å². The monoisotopic (exact) mass is 384 g/mol. The van der Waals surface area contributed by atoms with E-state index in [2.05, 4.69) is 10.3 Å². The normalized spacial score (nSPS) is 17.4. The Morgan fingerprint density at radius 1 is 1.27 bits per heavy atom. The molecule has 1 N–H and O–H groups in total. The molecule has 1 fully saturated rings. The fourth-order valence-electron chi connectivity index (χ4n) is 2.47. The van der Waals surface area contributed by atoms with Gasteiger partial charge < -0.3 is 14.8 Å². The van der Waals surface area contributed by atoms with E-state index in [1.54, 1.807) is 12.3 Å². The number of halogens is 2. The third kappa shape index (κ3) is 4.47. The molecule has 1 saturated heterocycles. The molecular weight excluding hydrogens is 366 g/mol. The molecule has 140 valence electrons. The van der Waals surface area contributed by atoms with Gasteiger partial charge in [0.05, 0.1) is 18.1 Å². The second-order valence-electron chi connectivity index (χ2n) is 5.79. The zero-order valence-electron chi connectivity index (χ0n) is 13.8. The van der Waals surface area contributed by atoms with Crippen LogP contribution in [-0.4, -0.2) is 38.5 Å². The zero-order valence-corrected chi connectivity index (χ0v) is 14.6. The second-order valence-corrected chi connectivity index (χ2v) is 7.71. The van der Waals surface area contributed by atoms with Gasteiger partial charge in [0.1, 0.15) is 6.10 Å². The fourth-order valence-corrected chi connectivity index (χ4v) is 3.19. The van der Waals surface area contributed by atoms with Crippen molar-refractivity contribution >= 4 is 15.5 Å². The Morgan fingerprint density at radius 2 is 2.04 bits per heavy atom. The summed E-state index contributed by atoms with van der Waals surface area (Å²) in [7, 11) is -4.57. The summed E-state index contributed by atoms with van der Waals surface area (Å²) in [6.07, 6.45) is 2.48. The minimum absolute atomic E-state index is 0.00929. The molecule has 1 aromatic heterocycles. The SMILES string of the molecule is O=S(=O)(c1ccc(NCc2ccnc(OC3CCOC3)c2)cc1)C(F)F. The van der Waals surface area contributed by atoms with Crippen LogP contribution < -0.4 is 10.1 Å². The number of nitrogens with zero attached hydrogens (tertiary/aromatic N) is 1. The second kappa shape index (κ2) is 7.96. The van der Waals surface area contributed by atoms with Crippen LogP contribution in [0.1, 0.15) is 12.0 Å². The van der Waals surface area contributed by atoms with Crippen LogP contribution >= 0.6 is 0 Å². The zero-order chi connectivity index (χ0) is 18.6. The van der Waals surface area contributed by atoms with Gasteiger partial charge in [-0.2, -0.15) is 8.78 Å². The summed E-state index contributed by atoms with van der Waals surface area (Å²) in [4.78, 5) is 3.76. The number of aromatic nitrogens is 1. The first-order valence-electron chi connectivity index (χ1n) is 8.00. The third-order valence-electron chi connectivity index (χ3n) is 3.89. The first kappa shape index (κ1) is 18.5. The van der Waals surface area contributed by atoms with Crippen molar-refractivity contribution in [2.45, 2.75) is 29.7 Å². The van der Waals surface area contributed by atoms with Crippen molar-refractivity contribution in [3.63, 3.8) is 0 Å². The van der Waals surface area contributed by atoms with Gasteiger partial charge in [0.15, 0.2) is 0 Å². The van der Waals surface area contributed by atoms with Crippen molar-refractivity contribution in [1.82, 2.24) is 4.98 Å². The molecule has 0 amide bonds. The molecule has 1 unspecified atom stereocenters. The van der Waals surface area contributed by atoms with Gasteiger partial charge in [-0.1, -0.05) is 0 Å². The maximum Gasteiger partial charge on any atom is 0.341 e. The van der Waals surface area contributed by atoms with Gasteiger partial charge in [0.2, 0.25) is 15.7 Å². The molecule has 2 aromatic rings.